The number of aliphatic carboxylic acids is 1. The van der Waals surface area contributed by atoms with Gasteiger partial charge in [0.2, 0.25) is 23.6 Å². The smallest absolute Gasteiger partial charge is 0.326 e. The van der Waals surface area contributed by atoms with Gasteiger partial charge in [-0.3, -0.25) is 19.2 Å². The highest BCUT2D eigenvalue weighted by Crippen LogP contribution is 2.11. The highest BCUT2D eigenvalue weighted by atomic mass is 32.2. The molecule has 12 nitrogen and oxygen atoms in total. The normalized spacial score (nSPS) is 14.0. The second-order valence-electron chi connectivity index (χ2n) is 8.23. The van der Waals surface area contributed by atoms with Gasteiger partial charge in [-0.25, -0.2) is 4.79 Å². The van der Waals surface area contributed by atoms with Crippen molar-refractivity contribution in [3.05, 3.63) is 29.8 Å². The fourth-order valence-corrected chi connectivity index (χ4v) is 4.16. The minimum Gasteiger partial charge on any atom is -0.508 e. The number of rotatable bonds is 17. The summed E-state index contributed by atoms with van der Waals surface area (Å²) in [5.74, 6) is -3.21. The first-order valence-corrected chi connectivity index (χ1v) is 14.2. The Hall–Kier alpha value is -2.97. The quantitative estimate of drug-likeness (QED) is 0.126. The number of hydrogen-bond acceptors (Lipinski definition) is 9. The highest BCUT2D eigenvalue weighted by Gasteiger charge is 2.30. The molecule has 0 spiro atoms. The summed E-state index contributed by atoms with van der Waals surface area (Å²) in [7, 11) is 0. The number of benzene rings is 1. The van der Waals surface area contributed by atoms with E-state index in [1.807, 2.05) is 6.26 Å². The van der Waals surface area contributed by atoms with Gasteiger partial charge in [0.1, 0.15) is 23.9 Å². The number of aromatic hydroxyl groups is 1. The first-order valence-electron chi connectivity index (χ1n) is 11.4. The minimum atomic E-state index is -1.54. The van der Waals surface area contributed by atoms with Crippen molar-refractivity contribution in [3.63, 3.8) is 0 Å². The van der Waals surface area contributed by atoms with Gasteiger partial charge in [0.05, 0.1) is 12.5 Å². The van der Waals surface area contributed by atoms with Gasteiger partial charge in [0.25, 0.3) is 0 Å². The maximum Gasteiger partial charge on any atom is 0.326 e. The zero-order chi connectivity index (χ0) is 28.0. The molecule has 4 amide bonds. The number of carboxylic acid groups (broad SMARTS) is 1. The van der Waals surface area contributed by atoms with Crippen molar-refractivity contribution in [1.29, 1.82) is 0 Å². The monoisotopic (exact) mass is 557 g/mol. The number of nitrogens with two attached hydrogens (primary N) is 2. The Kier molecular flexibility index (Phi) is 14.5. The van der Waals surface area contributed by atoms with Crippen molar-refractivity contribution in [1.82, 2.24) is 16.0 Å². The lowest BCUT2D eigenvalue weighted by molar-refractivity contribution is -0.143. The third-order valence-electron chi connectivity index (χ3n) is 5.24. The largest absolute Gasteiger partial charge is 0.508 e. The molecule has 0 fully saturated rings. The van der Waals surface area contributed by atoms with E-state index in [9.17, 15) is 34.2 Å². The standard InChI is InChI=1S/C23H35N5O7S2/c1-36-9-7-16(26-20(31)15(24)11-13-3-5-14(29)6-4-13)21(32)27-17(8-10-37-2)22(33)28-18(23(34)35)12-19(25)30/h3-6,15-18,29H,7-12,24H2,1-2H3,(H2,25,30)(H,26,31)(H,27,32)(H,28,33)(H,34,35). The summed E-state index contributed by atoms with van der Waals surface area (Å²) in [4.78, 5) is 61.2. The summed E-state index contributed by atoms with van der Waals surface area (Å²) < 4.78 is 0. The lowest BCUT2D eigenvalue weighted by atomic mass is 10.0. The Balaban J connectivity index is 2.93. The molecule has 1 rings (SSSR count). The van der Waals surface area contributed by atoms with Crippen molar-refractivity contribution in [2.75, 3.05) is 24.0 Å². The predicted molar refractivity (Wildman–Crippen MR) is 143 cm³/mol. The molecule has 1 aromatic carbocycles. The summed E-state index contributed by atoms with van der Waals surface area (Å²) >= 11 is 2.89. The molecule has 0 aliphatic heterocycles. The molecule has 0 saturated carbocycles. The van der Waals surface area contributed by atoms with Crippen LogP contribution in [0.25, 0.3) is 0 Å². The van der Waals surface area contributed by atoms with Crippen molar-refractivity contribution >= 4 is 53.1 Å². The Morgan fingerprint density at radius 3 is 1.73 bits per heavy atom. The van der Waals surface area contributed by atoms with E-state index in [1.54, 1.807) is 18.4 Å². The van der Waals surface area contributed by atoms with E-state index in [0.717, 1.165) is 5.56 Å². The average Bonchev–Trinajstić information content (AvgIpc) is 2.84. The Morgan fingerprint density at radius 1 is 0.838 bits per heavy atom. The molecule has 0 aromatic heterocycles. The number of thioether (sulfide) groups is 2. The Morgan fingerprint density at radius 2 is 1.30 bits per heavy atom. The molecule has 0 aliphatic carbocycles. The Bertz CT molecular complexity index is 933. The number of nitrogens with one attached hydrogen (secondary N) is 3. The van der Waals surface area contributed by atoms with Gasteiger partial charge in [0.15, 0.2) is 0 Å². The van der Waals surface area contributed by atoms with Crippen LogP contribution in [0.1, 0.15) is 24.8 Å². The summed E-state index contributed by atoms with van der Waals surface area (Å²) in [6.45, 7) is 0. The van der Waals surface area contributed by atoms with Crippen LogP contribution in [0.4, 0.5) is 0 Å². The van der Waals surface area contributed by atoms with Crippen LogP contribution in [-0.4, -0.2) is 88.0 Å². The zero-order valence-corrected chi connectivity index (χ0v) is 22.4. The summed E-state index contributed by atoms with van der Waals surface area (Å²) in [5.41, 5.74) is 11.8. The highest BCUT2D eigenvalue weighted by molar-refractivity contribution is 7.98. The topological polar surface area (TPSA) is 214 Å². The van der Waals surface area contributed by atoms with E-state index in [1.165, 1.54) is 35.7 Å². The van der Waals surface area contributed by atoms with Gasteiger partial charge < -0.3 is 37.6 Å². The number of phenolic OH excluding ortho intramolecular Hbond substituents is 1. The molecule has 4 unspecified atom stereocenters. The number of carboxylic acids is 1. The fourth-order valence-electron chi connectivity index (χ4n) is 3.21. The first-order chi connectivity index (χ1) is 17.5. The van der Waals surface area contributed by atoms with E-state index in [4.69, 9.17) is 11.5 Å². The molecule has 14 heteroatoms. The van der Waals surface area contributed by atoms with Crippen LogP contribution in [0, 0.1) is 0 Å². The number of primary amides is 1. The van der Waals surface area contributed by atoms with E-state index in [-0.39, 0.29) is 25.0 Å². The maximum atomic E-state index is 13.1. The molecule has 1 aromatic rings. The molecule has 0 aliphatic rings. The summed E-state index contributed by atoms with van der Waals surface area (Å²) in [5, 5.41) is 26.2. The lowest BCUT2D eigenvalue weighted by Crippen LogP contribution is -2.57. The van der Waals surface area contributed by atoms with E-state index in [0.29, 0.717) is 11.5 Å². The minimum absolute atomic E-state index is 0.0833. The van der Waals surface area contributed by atoms with Crippen LogP contribution >= 0.6 is 23.5 Å². The lowest BCUT2D eigenvalue weighted by Gasteiger charge is -2.25. The van der Waals surface area contributed by atoms with Gasteiger partial charge in [-0.2, -0.15) is 23.5 Å². The molecule has 0 radical (unpaired) electrons. The van der Waals surface area contributed by atoms with Gasteiger partial charge in [-0.05, 0) is 61.0 Å². The molecule has 9 N–H and O–H groups in total. The molecule has 206 valence electrons. The van der Waals surface area contributed by atoms with Crippen LogP contribution in [0.5, 0.6) is 5.75 Å². The van der Waals surface area contributed by atoms with Gasteiger partial charge in [0, 0.05) is 0 Å². The number of carbonyl (C=O) groups excluding carboxylic acids is 4. The van der Waals surface area contributed by atoms with Crippen LogP contribution in [0.15, 0.2) is 24.3 Å². The molecular formula is C23H35N5O7S2. The van der Waals surface area contributed by atoms with E-state index >= 15 is 0 Å². The summed E-state index contributed by atoms with van der Waals surface area (Å²) in [6, 6.07) is 1.64. The molecule has 4 atom stereocenters. The molecule has 0 heterocycles. The van der Waals surface area contributed by atoms with Crippen LogP contribution < -0.4 is 27.4 Å². The van der Waals surface area contributed by atoms with Crippen molar-refractivity contribution < 1.29 is 34.2 Å². The third kappa shape index (κ3) is 12.2. The van der Waals surface area contributed by atoms with Gasteiger partial charge >= 0.3 is 5.97 Å². The van der Waals surface area contributed by atoms with E-state index in [2.05, 4.69) is 16.0 Å². The van der Waals surface area contributed by atoms with Crippen molar-refractivity contribution in [2.45, 2.75) is 49.9 Å². The average molecular weight is 558 g/mol. The molecular weight excluding hydrogens is 522 g/mol. The van der Waals surface area contributed by atoms with E-state index < -0.39 is 60.2 Å². The SMILES string of the molecule is CSCCC(NC(=O)C(N)Cc1ccc(O)cc1)C(=O)NC(CCSC)C(=O)NC(CC(N)=O)C(=O)O. The number of phenols is 1. The zero-order valence-electron chi connectivity index (χ0n) is 20.8. The second-order valence-corrected chi connectivity index (χ2v) is 10.2. The van der Waals surface area contributed by atoms with Gasteiger partial charge in [-0.15, -0.1) is 0 Å². The van der Waals surface area contributed by atoms with Crippen LogP contribution in [0.2, 0.25) is 0 Å². The predicted octanol–water partition coefficient (Wildman–Crippen LogP) is -0.817. The third-order valence-corrected chi connectivity index (χ3v) is 6.52. The maximum absolute atomic E-state index is 13.1. The molecule has 0 bridgehead atoms. The van der Waals surface area contributed by atoms with Crippen molar-refractivity contribution in [2.24, 2.45) is 11.5 Å². The number of carbonyl (C=O) groups is 5. The first kappa shape index (κ1) is 32.1. The number of amides is 4. The molecule has 37 heavy (non-hydrogen) atoms. The molecule has 0 saturated heterocycles. The summed E-state index contributed by atoms with van der Waals surface area (Å²) in [6.07, 6.45) is 3.67. The fraction of sp³-hybridized carbons (Fsp3) is 0.522. The van der Waals surface area contributed by atoms with Gasteiger partial charge in [-0.1, -0.05) is 12.1 Å². The van der Waals surface area contributed by atoms with Crippen molar-refractivity contribution in [3.8, 4) is 5.75 Å². The Labute approximate surface area is 224 Å². The number of hydrogen-bond donors (Lipinski definition) is 7. The van der Waals surface area contributed by atoms with Crippen LogP contribution in [0.3, 0.4) is 0 Å². The second kappa shape index (κ2) is 16.7. The van der Waals surface area contributed by atoms with Crippen LogP contribution in [-0.2, 0) is 30.4 Å².